The van der Waals surface area contributed by atoms with Gasteiger partial charge in [0.2, 0.25) is 0 Å². The summed E-state index contributed by atoms with van der Waals surface area (Å²) in [4.78, 5) is 2.59. The van der Waals surface area contributed by atoms with Crippen molar-refractivity contribution in [2.24, 2.45) is 0 Å². The van der Waals surface area contributed by atoms with Crippen LogP contribution in [0.1, 0.15) is 17.9 Å². The zero-order valence-electron chi connectivity index (χ0n) is 12.0. The highest BCUT2D eigenvalue weighted by Crippen LogP contribution is 2.45. The fraction of sp³-hybridized carbons (Fsp3) is 0.500. The number of nitrogens with zero attached hydrogens (tertiary/aromatic N) is 4. The fourth-order valence-electron chi connectivity index (χ4n) is 3.34. The van der Waals surface area contributed by atoms with E-state index in [0.717, 1.165) is 26.2 Å². The predicted octanol–water partition coefficient (Wildman–Crippen LogP) is 1.53. The summed E-state index contributed by atoms with van der Waals surface area (Å²) >= 11 is 0. The van der Waals surface area contributed by atoms with Gasteiger partial charge in [-0.1, -0.05) is 35.5 Å². The lowest BCUT2D eigenvalue weighted by atomic mass is 10.1. The summed E-state index contributed by atoms with van der Waals surface area (Å²) in [5, 5.41) is 7.88. The van der Waals surface area contributed by atoms with Crippen LogP contribution in [0.15, 0.2) is 42.7 Å². The van der Waals surface area contributed by atoms with Crippen LogP contribution >= 0.6 is 0 Å². The number of hydrogen-bond acceptors (Lipinski definition) is 4. The Morgan fingerprint density at radius 1 is 1.24 bits per heavy atom. The zero-order valence-corrected chi connectivity index (χ0v) is 12.0. The van der Waals surface area contributed by atoms with Crippen LogP contribution in [0.2, 0.25) is 0 Å². The first-order chi connectivity index (χ1) is 10.4. The molecule has 1 aliphatic carbocycles. The van der Waals surface area contributed by atoms with Gasteiger partial charge in [0.1, 0.15) is 0 Å². The molecular weight excluding hydrogens is 264 g/mol. The van der Waals surface area contributed by atoms with E-state index in [9.17, 15) is 0 Å². The molecule has 1 saturated carbocycles. The average Bonchev–Trinajstić information content (AvgIpc) is 3.19. The van der Waals surface area contributed by atoms with Crippen molar-refractivity contribution in [1.29, 1.82) is 0 Å². The maximum absolute atomic E-state index is 5.87. The lowest BCUT2D eigenvalue weighted by Crippen LogP contribution is -2.45. The van der Waals surface area contributed by atoms with Crippen LogP contribution in [0.3, 0.4) is 0 Å². The lowest BCUT2D eigenvalue weighted by Gasteiger charge is -2.33. The van der Waals surface area contributed by atoms with Gasteiger partial charge >= 0.3 is 0 Å². The molecule has 0 bridgehead atoms. The van der Waals surface area contributed by atoms with Crippen LogP contribution < -0.4 is 0 Å². The van der Waals surface area contributed by atoms with Gasteiger partial charge in [-0.3, -0.25) is 4.90 Å². The molecule has 5 heteroatoms. The quantitative estimate of drug-likeness (QED) is 0.854. The Morgan fingerprint density at radius 2 is 2.14 bits per heavy atom. The third kappa shape index (κ3) is 2.84. The Hall–Kier alpha value is -1.72. The molecule has 2 aliphatic rings. The number of aromatic nitrogens is 3. The number of benzene rings is 1. The molecule has 5 nitrogen and oxygen atoms in total. The van der Waals surface area contributed by atoms with Gasteiger partial charge in [0.25, 0.3) is 0 Å². The van der Waals surface area contributed by atoms with E-state index in [1.165, 1.54) is 12.0 Å². The smallest absolute Gasteiger partial charge is 0.0898 e. The number of hydrogen-bond donors (Lipinski definition) is 0. The second-order valence-electron chi connectivity index (χ2n) is 5.93. The highest BCUT2D eigenvalue weighted by atomic mass is 16.5. The number of rotatable bonds is 4. The maximum atomic E-state index is 5.87. The van der Waals surface area contributed by atoms with Crippen molar-refractivity contribution in [2.45, 2.75) is 31.0 Å². The molecule has 1 unspecified atom stereocenters. The summed E-state index contributed by atoms with van der Waals surface area (Å²) in [6.45, 7) is 3.65. The Kier molecular flexibility index (Phi) is 3.45. The van der Waals surface area contributed by atoms with E-state index in [0.29, 0.717) is 12.0 Å². The summed E-state index contributed by atoms with van der Waals surface area (Å²) in [7, 11) is 0. The topological polar surface area (TPSA) is 43.2 Å². The van der Waals surface area contributed by atoms with Crippen LogP contribution in [-0.4, -0.2) is 51.7 Å². The Labute approximate surface area is 124 Å². The molecule has 2 aromatic rings. The predicted molar refractivity (Wildman–Crippen MR) is 78.9 cm³/mol. The molecule has 1 aliphatic heterocycles. The van der Waals surface area contributed by atoms with Crippen molar-refractivity contribution in [1.82, 2.24) is 19.9 Å². The molecule has 0 spiro atoms. The second kappa shape index (κ2) is 5.58. The van der Waals surface area contributed by atoms with Crippen LogP contribution in [0.5, 0.6) is 0 Å². The van der Waals surface area contributed by atoms with Gasteiger partial charge in [0.05, 0.1) is 25.5 Å². The molecule has 0 radical (unpaired) electrons. The maximum Gasteiger partial charge on any atom is 0.0898 e. The van der Waals surface area contributed by atoms with E-state index in [4.69, 9.17) is 4.74 Å². The molecule has 1 aromatic heterocycles. The van der Waals surface area contributed by atoms with Gasteiger partial charge in [0, 0.05) is 31.2 Å². The summed E-state index contributed by atoms with van der Waals surface area (Å²) < 4.78 is 7.73. The van der Waals surface area contributed by atoms with E-state index in [1.807, 2.05) is 10.9 Å². The van der Waals surface area contributed by atoms with E-state index < -0.39 is 0 Å². The van der Waals surface area contributed by atoms with E-state index in [-0.39, 0.29) is 6.10 Å². The Bertz CT molecular complexity index is 571. The Morgan fingerprint density at radius 3 is 2.95 bits per heavy atom. The molecule has 3 atom stereocenters. The van der Waals surface area contributed by atoms with Crippen LogP contribution in [0.4, 0.5) is 0 Å². The van der Waals surface area contributed by atoms with Crippen LogP contribution in [0, 0.1) is 0 Å². The lowest BCUT2D eigenvalue weighted by molar-refractivity contribution is -0.0410. The third-order valence-corrected chi connectivity index (χ3v) is 4.49. The van der Waals surface area contributed by atoms with Crippen molar-refractivity contribution < 1.29 is 4.74 Å². The van der Waals surface area contributed by atoms with Gasteiger partial charge in [0.15, 0.2) is 0 Å². The summed E-state index contributed by atoms with van der Waals surface area (Å²) in [5.41, 5.74) is 1.47. The molecule has 2 heterocycles. The SMILES string of the molecule is c1ccc([C@H]2C[C@H]2N2CCOC(Cn3ccnn3)C2)cc1. The first-order valence-corrected chi connectivity index (χ1v) is 7.65. The highest BCUT2D eigenvalue weighted by molar-refractivity contribution is 5.27. The minimum atomic E-state index is 0.220. The van der Waals surface area contributed by atoms with Crippen molar-refractivity contribution in [3.63, 3.8) is 0 Å². The van der Waals surface area contributed by atoms with Gasteiger partial charge < -0.3 is 4.74 Å². The van der Waals surface area contributed by atoms with Crippen molar-refractivity contribution in [2.75, 3.05) is 19.7 Å². The fourth-order valence-corrected chi connectivity index (χ4v) is 3.34. The van der Waals surface area contributed by atoms with Crippen LogP contribution in [-0.2, 0) is 11.3 Å². The van der Waals surface area contributed by atoms with Gasteiger partial charge in [-0.2, -0.15) is 0 Å². The molecule has 21 heavy (non-hydrogen) atoms. The van der Waals surface area contributed by atoms with Crippen molar-refractivity contribution in [3.05, 3.63) is 48.3 Å². The third-order valence-electron chi connectivity index (χ3n) is 4.49. The van der Waals surface area contributed by atoms with Gasteiger partial charge in [-0.25, -0.2) is 4.68 Å². The summed E-state index contributed by atoms with van der Waals surface area (Å²) in [6.07, 6.45) is 5.11. The van der Waals surface area contributed by atoms with E-state index >= 15 is 0 Å². The van der Waals surface area contributed by atoms with Crippen molar-refractivity contribution >= 4 is 0 Å². The van der Waals surface area contributed by atoms with E-state index in [2.05, 4.69) is 45.5 Å². The number of morpholine rings is 1. The molecule has 110 valence electrons. The largest absolute Gasteiger partial charge is 0.374 e. The van der Waals surface area contributed by atoms with Gasteiger partial charge in [-0.05, 0) is 12.0 Å². The first kappa shape index (κ1) is 13.0. The normalized spacial score (nSPS) is 29.4. The first-order valence-electron chi connectivity index (χ1n) is 7.65. The Balaban J connectivity index is 1.36. The summed E-state index contributed by atoms with van der Waals surface area (Å²) in [6, 6.07) is 11.5. The average molecular weight is 284 g/mol. The molecule has 0 N–H and O–H groups in total. The monoisotopic (exact) mass is 284 g/mol. The van der Waals surface area contributed by atoms with Crippen molar-refractivity contribution in [3.8, 4) is 0 Å². The highest BCUT2D eigenvalue weighted by Gasteiger charge is 2.43. The molecule has 1 saturated heterocycles. The van der Waals surface area contributed by atoms with Crippen LogP contribution in [0.25, 0.3) is 0 Å². The molecule has 1 aromatic carbocycles. The molecule has 2 fully saturated rings. The minimum Gasteiger partial charge on any atom is -0.374 e. The molecule has 4 rings (SSSR count). The minimum absolute atomic E-state index is 0.220. The van der Waals surface area contributed by atoms with Gasteiger partial charge in [-0.15, -0.1) is 5.10 Å². The second-order valence-corrected chi connectivity index (χ2v) is 5.93. The van der Waals surface area contributed by atoms with E-state index in [1.54, 1.807) is 6.20 Å². The molecule has 0 amide bonds. The number of ether oxygens (including phenoxy) is 1. The summed E-state index contributed by atoms with van der Waals surface area (Å²) in [5.74, 6) is 0.705. The zero-order chi connectivity index (χ0) is 14.1. The standard InChI is InChI=1S/C16H20N4O/c1-2-4-13(5-3-1)15-10-16(15)19-8-9-21-14(11-19)12-20-7-6-17-18-20/h1-7,14-16H,8-12H2/t14?,15-,16-/m1/s1. The molecular formula is C16H20N4O.